The maximum absolute atomic E-state index is 12.4. The number of benzene rings is 1. The Morgan fingerprint density at radius 2 is 1.91 bits per heavy atom. The molecule has 0 unspecified atom stereocenters. The average Bonchev–Trinajstić information content (AvgIpc) is 2.46. The van der Waals surface area contributed by atoms with Crippen molar-refractivity contribution in [2.24, 2.45) is 0 Å². The van der Waals surface area contributed by atoms with Gasteiger partial charge in [0.1, 0.15) is 0 Å². The summed E-state index contributed by atoms with van der Waals surface area (Å²) in [4.78, 5) is 21.2. The lowest BCUT2D eigenvalue weighted by atomic mass is 10.2. The quantitative estimate of drug-likeness (QED) is 0.793. The van der Waals surface area contributed by atoms with Gasteiger partial charge in [-0.1, -0.05) is 41.9 Å². The molecule has 1 aromatic heterocycles. The van der Waals surface area contributed by atoms with Crippen molar-refractivity contribution in [2.75, 3.05) is 13.3 Å². The van der Waals surface area contributed by atoms with Gasteiger partial charge in [0, 0.05) is 19.8 Å². The summed E-state index contributed by atoms with van der Waals surface area (Å²) in [7, 11) is -2.02. The van der Waals surface area contributed by atoms with E-state index >= 15 is 0 Å². The van der Waals surface area contributed by atoms with E-state index in [4.69, 9.17) is 11.6 Å². The minimum absolute atomic E-state index is 0.0114. The topological polar surface area (TPSA) is 80.2 Å². The Hall–Kier alpha value is -1.99. The molecule has 1 amide bonds. The highest BCUT2D eigenvalue weighted by molar-refractivity contribution is 7.90. The predicted molar refractivity (Wildman–Crippen MR) is 82.4 cm³/mol. The first-order chi connectivity index (χ1) is 10.3. The van der Waals surface area contributed by atoms with Crippen LogP contribution in [0.25, 0.3) is 0 Å². The van der Waals surface area contributed by atoms with Crippen LogP contribution in [0.5, 0.6) is 0 Å². The van der Waals surface area contributed by atoms with Gasteiger partial charge in [0.2, 0.25) is 15.0 Å². The van der Waals surface area contributed by atoms with E-state index in [-0.39, 0.29) is 10.7 Å². The predicted octanol–water partition coefficient (Wildman–Crippen LogP) is 1.81. The van der Waals surface area contributed by atoms with Crippen molar-refractivity contribution in [1.82, 2.24) is 14.9 Å². The fourth-order valence-corrected chi connectivity index (χ4v) is 2.46. The summed E-state index contributed by atoms with van der Waals surface area (Å²) in [5.41, 5.74) is 0.808. The summed E-state index contributed by atoms with van der Waals surface area (Å²) in [5, 5.41) is -0.411. The molecule has 116 valence electrons. The van der Waals surface area contributed by atoms with Gasteiger partial charge in [0.15, 0.2) is 5.69 Å². The third-order valence-corrected chi connectivity index (χ3v) is 4.00. The molecule has 1 heterocycles. The molecule has 2 aromatic rings. The standard InChI is InChI=1S/C14H14ClN3O3S/c1-18(9-10-6-4-3-5-7-10)13(19)12-11(15)8-16-14(17-12)22(2,20)21/h3-8H,9H2,1-2H3. The van der Waals surface area contributed by atoms with E-state index in [9.17, 15) is 13.2 Å². The Morgan fingerprint density at radius 3 is 2.50 bits per heavy atom. The molecule has 0 aliphatic heterocycles. The Morgan fingerprint density at radius 1 is 1.27 bits per heavy atom. The van der Waals surface area contributed by atoms with Gasteiger partial charge in [-0.15, -0.1) is 0 Å². The van der Waals surface area contributed by atoms with Crippen molar-refractivity contribution in [3.05, 3.63) is 52.8 Å². The number of aromatic nitrogens is 2. The molecule has 0 aliphatic carbocycles. The highest BCUT2D eigenvalue weighted by atomic mass is 35.5. The number of halogens is 1. The largest absolute Gasteiger partial charge is 0.336 e. The molecule has 0 radical (unpaired) electrons. The van der Waals surface area contributed by atoms with Gasteiger partial charge in [-0.25, -0.2) is 18.4 Å². The number of carbonyl (C=O) groups is 1. The molecule has 22 heavy (non-hydrogen) atoms. The lowest BCUT2D eigenvalue weighted by Gasteiger charge is -2.17. The van der Waals surface area contributed by atoms with Crippen molar-refractivity contribution < 1.29 is 13.2 Å². The van der Waals surface area contributed by atoms with Crippen LogP contribution < -0.4 is 0 Å². The minimum atomic E-state index is -3.61. The summed E-state index contributed by atoms with van der Waals surface area (Å²) in [6.07, 6.45) is 2.09. The van der Waals surface area contributed by atoms with Crippen LogP contribution in [0.1, 0.15) is 16.1 Å². The van der Waals surface area contributed by atoms with Crippen molar-refractivity contribution in [3.8, 4) is 0 Å². The highest BCUT2D eigenvalue weighted by Gasteiger charge is 2.21. The van der Waals surface area contributed by atoms with Crippen LogP contribution in [-0.4, -0.2) is 42.5 Å². The van der Waals surface area contributed by atoms with E-state index in [1.54, 1.807) is 7.05 Å². The van der Waals surface area contributed by atoms with Gasteiger partial charge in [-0.3, -0.25) is 4.79 Å². The van der Waals surface area contributed by atoms with E-state index in [0.717, 1.165) is 18.0 Å². The average molecular weight is 340 g/mol. The van der Waals surface area contributed by atoms with Gasteiger partial charge in [0.25, 0.3) is 5.91 Å². The van der Waals surface area contributed by atoms with Crippen molar-refractivity contribution in [3.63, 3.8) is 0 Å². The van der Waals surface area contributed by atoms with E-state index in [1.807, 2.05) is 30.3 Å². The molecule has 0 spiro atoms. The summed E-state index contributed by atoms with van der Waals surface area (Å²) in [5.74, 6) is -0.471. The molecule has 6 nitrogen and oxygen atoms in total. The van der Waals surface area contributed by atoms with E-state index in [1.165, 1.54) is 4.90 Å². The van der Waals surface area contributed by atoms with Crippen molar-refractivity contribution in [1.29, 1.82) is 0 Å². The molecule has 0 aliphatic rings. The van der Waals surface area contributed by atoms with E-state index < -0.39 is 20.9 Å². The van der Waals surface area contributed by atoms with Crippen LogP contribution >= 0.6 is 11.6 Å². The second-order valence-corrected chi connectivity index (χ2v) is 7.08. The second kappa shape index (κ2) is 6.41. The number of nitrogens with zero attached hydrogens (tertiary/aromatic N) is 3. The number of hydrogen-bond acceptors (Lipinski definition) is 5. The summed E-state index contributed by atoms with van der Waals surface area (Å²) >= 11 is 5.92. The number of rotatable bonds is 4. The Kier molecular flexibility index (Phi) is 4.77. The van der Waals surface area contributed by atoms with Crippen LogP contribution in [0.3, 0.4) is 0 Å². The fraction of sp³-hybridized carbons (Fsp3) is 0.214. The van der Waals surface area contributed by atoms with Gasteiger partial charge >= 0.3 is 0 Å². The molecular weight excluding hydrogens is 326 g/mol. The zero-order valence-corrected chi connectivity index (χ0v) is 13.6. The zero-order valence-electron chi connectivity index (χ0n) is 12.0. The smallest absolute Gasteiger partial charge is 0.274 e. The summed E-state index contributed by atoms with van der Waals surface area (Å²) in [6.45, 7) is 0.355. The summed E-state index contributed by atoms with van der Waals surface area (Å²) in [6, 6.07) is 9.38. The molecule has 0 bridgehead atoms. The number of carbonyl (C=O) groups excluding carboxylic acids is 1. The van der Waals surface area contributed by atoms with Crippen molar-refractivity contribution in [2.45, 2.75) is 11.7 Å². The maximum Gasteiger partial charge on any atom is 0.274 e. The third kappa shape index (κ3) is 3.80. The molecule has 0 N–H and O–H groups in total. The SMILES string of the molecule is CN(Cc1ccccc1)C(=O)c1nc(S(C)(=O)=O)ncc1Cl. The lowest BCUT2D eigenvalue weighted by Crippen LogP contribution is -2.28. The van der Waals surface area contributed by atoms with E-state index in [0.29, 0.717) is 6.54 Å². The highest BCUT2D eigenvalue weighted by Crippen LogP contribution is 2.17. The Labute approximate surface area is 133 Å². The van der Waals surface area contributed by atoms with Crippen molar-refractivity contribution >= 4 is 27.3 Å². The second-order valence-electron chi connectivity index (χ2n) is 4.77. The first-order valence-corrected chi connectivity index (χ1v) is 8.58. The molecule has 0 saturated heterocycles. The van der Waals surface area contributed by atoms with Gasteiger partial charge in [-0.2, -0.15) is 0 Å². The van der Waals surface area contributed by atoms with Crippen LogP contribution in [0.4, 0.5) is 0 Å². The molecule has 1 aromatic carbocycles. The maximum atomic E-state index is 12.4. The van der Waals surface area contributed by atoms with Gasteiger partial charge in [-0.05, 0) is 5.56 Å². The normalized spacial score (nSPS) is 11.2. The van der Waals surface area contributed by atoms with Crippen LogP contribution in [0.15, 0.2) is 41.7 Å². The Bertz CT molecular complexity index is 794. The first-order valence-electron chi connectivity index (χ1n) is 6.31. The van der Waals surface area contributed by atoms with Crippen LogP contribution in [0.2, 0.25) is 5.02 Å². The molecule has 0 fully saturated rings. The number of amides is 1. The van der Waals surface area contributed by atoms with Crippen LogP contribution in [0, 0.1) is 0 Å². The first kappa shape index (κ1) is 16.4. The summed E-state index contributed by atoms with van der Waals surface area (Å²) < 4.78 is 23.0. The molecule has 0 atom stereocenters. The minimum Gasteiger partial charge on any atom is -0.336 e. The molecular formula is C14H14ClN3O3S. The zero-order chi connectivity index (χ0) is 16.3. The van der Waals surface area contributed by atoms with Crippen LogP contribution in [-0.2, 0) is 16.4 Å². The lowest BCUT2D eigenvalue weighted by molar-refractivity contribution is 0.0778. The van der Waals surface area contributed by atoms with Gasteiger partial charge in [0.05, 0.1) is 11.2 Å². The Balaban J connectivity index is 2.29. The van der Waals surface area contributed by atoms with Gasteiger partial charge < -0.3 is 4.90 Å². The van der Waals surface area contributed by atoms with E-state index in [2.05, 4.69) is 9.97 Å². The number of sulfone groups is 1. The monoisotopic (exact) mass is 339 g/mol. The number of hydrogen-bond donors (Lipinski definition) is 0. The molecule has 8 heteroatoms. The molecule has 0 saturated carbocycles. The fourth-order valence-electron chi connectivity index (χ4n) is 1.79. The molecule has 2 rings (SSSR count). The third-order valence-electron chi connectivity index (χ3n) is 2.87.